The number of aromatic nitrogens is 2. The van der Waals surface area contributed by atoms with E-state index in [0.717, 1.165) is 19.5 Å². The number of likely N-dealkylation sites (tertiary alicyclic amines) is 1. The van der Waals surface area contributed by atoms with E-state index in [1.165, 1.54) is 0 Å². The summed E-state index contributed by atoms with van der Waals surface area (Å²) in [6.07, 6.45) is 2.83. The molecule has 5 heteroatoms. The summed E-state index contributed by atoms with van der Waals surface area (Å²) in [5, 5.41) is 4.04. The van der Waals surface area contributed by atoms with E-state index in [-0.39, 0.29) is 17.9 Å². The zero-order valence-electron chi connectivity index (χ0n) is 11.4. The van der Waals surface area contributed by atoms with Gasteiger partial charge < -0.3 is 10.6 Å². The van der Waals surface area contributed by atoms with Gasteiger partial charge in [-0.3, -0.25) is 9.48 Å². The van der Waals surface area contributed by atoms with Gasteiger partial charge in [-0.15, -0.1) is 0 Å². The van der Waals surface area contributed by atoms with Crippen LogP contribution >= 0.6 is 0 Å². The Hall–Kier alpha value is -1.52. The number of amides is 1. The van der Waals surface area contributed by atoms with Gasteiger partial charge in [0.25, 0.3) is 0 Å². The second kappa shape index (κ2) is 4.63. The van der Waals surface area contributed by atoms with Crippen LogP contribution in [-0.4, -0.2) is 33.7 Å². The molecule has 2 rings (SSSR count). The van der Waals surface area contributed by atoms with Gasteiger partial charge in [-0.2, -0.15) is 5.10 Å². The minimum atomic E-state index is 0.129. The van der Waals surface area contributed by atoms with E-state index in [4.69, 9.17) is 5.73 Å². The van der Waals surface area contributed by atoms with Crippen LogP contribution in [0.15, 0.2) is 12.3 Å². The number of hydrogen-bond acceptors (Lipinski definition) is 3. The summed E-state index contributed by atoms with van der Waals surface area (Å²) in [7, 11) is 0. The first-order chi connectivity index (χ1) is 8.36. The molecule has 1 aliphatic heterocycles. The summed E-state index contributed by atoms with van der Waals surface area (Å²) < 4.78 is 1.60. The van der Waals surface area contributed by atoms with Crippen LogP contribution in [0.4, 0.5) is 5.82 Å². The molecule has 0 aliphatic carbocycles. The molecule has 2 N–H and O–H groups in total. The van der Waals surface area contributed by atoms with Crippen molar-refractivity contribution >= 4 is 11.7 Å². The molecular formula is C13H22N4O. The molecule has 5 nitrogen and oxygen atoms in total. The van der Waals surface area contributed by atoms with E-state index >= 15 is 0 Å². The molecule has 1 amide bonds. The molecule has 1 aliphatic rings. The van der Waals surface area contributed by atoms with Crippen LogP contribution in [0.25, 0.3) is 0 Å². The van der Waals surface area contributed by atoms with Gasteiger partial charge in [0.2, 0.25) is 5.91 Å². The lowest BCUT2D eigenvalue weighted by Gasteiger charge is -2.26. The van der Waals surface area contributed by atoms with Crippen molar-refractivity contribution in [1.29, 1.82) is 0 Å². The third-order valence-electron chi connectivity index (χ3n) is 3.72. The molecule has 0 radical (unpaired) electrons. The number of nitrogen functional groups attached to an aromatic ring is 1. The molecule has 1 fully saturated rings. The Balaban J connectivity index is 1.92. The average molecular weight is 250 g/mol. The van der Waals surface area contributed by atoms with Crippen molar-refractivity contribution in [3.05, 3.63) is 12.3 Å². The first-order valence-corrected chi connectivity index (χ1v) is 6.43. The van der Waals surface area contributed by atoms with E-state index < -0.39 is 0 Å². The lowest BCUT2D eigenvalue weighted by atomic mass is 9.80. The van der Waals surface area contributed by atoms with E-state index in [0.29, 0.717) is 11.7 Å². The monoisotopic (exact) mass is 250 g/mol. The fraction of sp³-hybridized carbons (Fsp3) is 0.692. The van der Waals surface area contributed by atoms with E-state index in [2.05, 4.69) is 25.9 Å². The highest BCUT2D eigenvalue weighted by Crippen LogP contribution is 2.33. The molecule has 0 bridgehead atoms. The van der Waals surface area contributed by atoms with Crippen LogP contribution in [0, 0.1) is 11.3 Å². The minimum Gasteiger partial charge on any atom is -0.382 e. The van der Waals surface area contributed by atoms with Crippen molar-refractivity contribution in [2.45, 2.75) is 33.7 Å². The molecule has 1 aromatic rings. The van der Waals surface area contributed by atoms with Crippen molar-refractivity contribution in [3.63, 3.8) is 0 Å². The zero-order valence-corrected chi connectivity index (χ0v) is 11.4. The molecule has 0 saturated carbocycles. The summed E-state index contributed by atoms with van der Waals surface area (Å²) in [4.78, 5) is 14.1. The first kappa shape index (κ1) is 12.9. The first-order valence-electron chi connectivity index (χ1n) is 6.43. The van der Waals surface area contributed by atoms with E-state index in [1.807, 2.05) is 4.90 Å². The van der Waals surface area contributed by atoms with Gasteiger partial charge in [0.1, 0.15) is 12.4 Å². The molecule has 1 aromatic heterocycles. The van der Waals surface area contributed by atoms with Crippen LogP contribution < -0.4 is 5.73 Å². The normalized spacial score (nSPS) is 20.4. The number of nitrogens with two attached hydrogens (primary N) is 1. The van der Waals surface area contributed by atoms with Gasteiger partial charge in [0.05, 0.1) is 0 Å². The summed E-state index contributed by atoms with van der Waals surface area (Å²) in [6, 6.07) is 1.70. The summed E-state index contributed by atoms with van der Waals surface area (Å²) in [5.74, 6) is 1.17. The molecule has 1 atom stereocenters. The van der Waals surface area contributed by atoms with Crippen molar-refractivity contribution < 1.29 is 4.79 Å². The number of carbonyl (C=O) groups excluding carboxylic acids is 1. The smallest absolute Gasteiger partial charge is 0.244 e. The third-order valence-corrected chi connectivity index (χ3v) is 3.72. The third kappa shape index (κ3) is 2.83. The van der Waals surface area contributed by atoms with Crippen molar-refractivity contribution in [2.24, 2.45) is 11.3 Å². The Morgan fingerprint density at radius 2 is 2.28 bits per heavy atom. The van der Waals surface area contributed by atoms with Crippen LogP contribution in [-0.2, 0) is 11.3 Å². The maximum atomic E-state index is 12.1. The fourth-order valence-corrected chi connectivity index (χ4v) is 2.40. The standard InChI is InChI=1S/C13H22N4O/c1-13(2,3)10-4-6-16(8-10)12(18)9-17-7-5-11(14)15-17/h5,7,10H,4,6,8-9H2,1-3H3,(H2,14,15). The topological polar surface area (TPSA) is 64.2 Å². The van der Waals surface area contributed by atoms with Crippen molar-refractivity contribution in [1.82, 2.24) is 14.7 Å². The van der Waals surface area contributed by atoms with E-state index in [9.17, 15) is 4.79 Å². The van der Waals surface area contributed by atoms with Crippen LogP contribution in [0.5, 0.6) is 0 Å². The van der Waals surface area contributed by atoms with Crippen molar-refractivity contribution in [2.75, 3.05) is 18.8 Å². The quantitative estimate of drug-likeness (QED) is 0.862. The van der Waals surface area contributed by atoms with Crippen LogP contribution in [0.2, 0.25) is 0 Å². The Labute approximate surface area is 108 Å². The Kier molecular flexibility index (Phi) is 3.32. The lowest BCUT2D eigenvalue weighted by molar-refractivity contribution is -0.131. The maximum Gasteiger partial charge on any atom is 0.244 e. The van der Waals surface area contributed by atoms with Gasteiger partial charge in [-0.25, -0.2) is 0 Å². The fourth-order valence-electron chi connectivity index (χ4n) is 2.40. The van der Waals surface area contributed by atoms with Crippen molar-refractivity contribution in [3.8, 4) is 0 Å². The Morgan fingerprint density at radius 1 is 1.56 bits per heavy atom. The molecule has 1 saturated heterocycles. The predicted molar refractivity (Wildman–Crippen MR) is 70.8 cm³/mol. The molecular weight excluding hydrogens is 228 g/mol. The number of anilines is 1. The number of hydrogen-bond donors (Lipinski definition) is 1. The van der Waals surface area contributed by atoms with Gasteiger partial charge >= 0.3 is 0 Å². The Bertz CT molecular complexity index is 432. The maximum absolute atomic E-state index is 12.1. The number of nitrogens with zero attached hydrogens (tertiary/aromatic N) is 3. The molecule has 100 valence electrons. The zero-order chi connectivity index (χ0) is 13.3. The highest BCUT2D eigenvalue weighted by atomic mass is 16.2. The highest BCUT2D eigenvalue weighted by molar-refractivity contribution is 5.76. The van der Waals surface area contributed by atoms with Gasteiger partial charge in [-0.05, 0) is 23.8 Å². The Morgan fingerprint density at radius 3 is 2.78 bits per heavy atom. The van der Waals surface area contributed by atoms with Crippen LogP contribution in [0.1, 0.15) is 27.2 Å². The summed E-state index contributed by atoms with van der Waals surface area (Å²) in [5.41, 5.74) is 5.80. The lowest BCUT2D eigenvalue weighted by Crippen LogP contribution is -2.33. The highest BCUT2D eigenvalue weighted by Gasteiger charge is 2.33. The second-order valence-corrected chi connectivity index (χ2v) is 6.13. The minimum absolute atomic E-state index is 0.129. The van der Waals surface area contributed by atoms with E-state index in [1.54, 1.807) is 16.9 Å². The van der Waals surface area contributed by atoms with Gasteiger partial charge in [-0.1, -0.05) is 20.8 Å². The largest absolute Gasteiger partial charge is 0.382 e. The number of carbonyl (C=O) groups is 1. The van der Waals surface area contributed by atoms with Crippen LogP contribution in [0.3, 0.4) is 0 Å². The predicted octanol–water partition coefficient (Wildman–Crippen LogP) is 1.36. The molecule has 0 aromatic carbocycles. The summed E-state index contributed by atoms with van der Waals surface area (Å²) in [6.45, 7) is 8.71. The van der Waals surface area contributed by atoms with Gasteiger partial charge in [0, 0.05) is 19.3 Å². The second-order valence-electron chi connectivity index (χ2n) is 6.13. The summed E-state index contributed by atoms with van der Waals surface area (Å²) >= 11 is 0. The number of rotatable bonds is 2. The molecule has 2 heterocycles. The SMILES string of the molecule is CC(C)(C)C1CCN(C(=O)Cn2ccc(N)n2)C1. The average Bonchev–Trinajstić information content (AvgIpc) is 2.85. The van der Waals surface area contributed by atoms with Gasteiger partial charge in [0.15, 0.2) is 0 Å². The molecule has 0 spiro atoms. The molecule has 1 unspecified atom stereocenters. The molecule has 18 heavy (non-hydrogen) atoms.